The van der Waals surface area contributed by atoms with Gasteiger partial charge in [0.2, 0.25) is 0 Å². The van der Waals surface area contributed by atoms with Gasteiger partial charge in [-0.05, 0) is 0 Å². The van der Waals surface area contributed by atoms with Crippen LogP contribution in [0.2, 0.25) is 0 Å². The Morgan fingerprint density at radius 3 is 2.64 bits per heavy atom. The summed E-state index contributed by atoms with van der Waals surface area (Å²) < 4.78 is 9.79. The van der Waals surface area contributed by atoms with Gasteiger partial charge in [-0.2, -0.15) is 0 Å². The quantitative estimate of drug-likeness (QED) is 0.254. The number of oxime groups is 1. The molecule has 0 saturated heterocycles. The zero-order valence-corrected chi connectivity index (χ0v) is 8.01. The van der Waals surface area contributed by atoms with Gasteiger partial charge in [-0.1, -0.05) is 35.5 Å². The molecule has 0 amide bonds. The minimum atomic E-state index is 0.186. The maximum atomic E-state index is 8.75. The Balaban J connectivity index is 2.56. The zero-order chi connectivity index (χ0) is 10.2. The molecule has 1 aromatic rings. The highest BCUT2D eigenvalue weighted by molar-refractivity contribution is 6.01. The van der Waals surface area contributed by atoms with E-state index in [1.807, 2.05) is 30.3 Å². The van der Waals surface area contributed by atoms with Gasteiger partial charge in [0.1, 0.15) is 12.5 Å². The molecule has 4 heteroatoms. The maximum absolute atomic E-state index is 8.75. The van der Waals surface area contributed by atoms with Crippen LogP contribution in [0.1, 0.15) is 5.56 Å². The third-order valence-electron chi connectivity index (χ3n) is 1.67. The van der Waals surface area contributed by atoms with Crippen LogP contribution in [0.25, 0.3) is 0 Å². The molecule has 0 radical (unpaired) electrons. The minimum Gasteiger partial charge on any atom is -0.411 e. The summed E-state index contributed by atoms with van der Waals surface area (Å²) >= 11 is 0. The van der Waals surface area contributed by atoms with Crippen LogP contribution < -0.4 is 0 Å². The van der Waals surface area contributed by atoms with Crippen LogP contribution >= 0.6 is 0 Å². The predicted octanol–water partition coefficient (Wildman–Crippen LogP) is 1.49. The first kappa shape index (κ1) is 10.7. The SMILES string of the molecule is COCOC/C(=N/O)c1ccccc1. The van der Waals surface area contributed by atoms with E-state index in [0.29, 0.717) is 5.71 Å². The molecule has 0 aromatic heterocycles. The van der Waals surface area contributed by atoms with Crippen molar-refractivity contribution in [2.75, 3.05) is 20.5 Å². The second-order valence-electron chi connectivity index (χ2n) is 2.67. The van der Waals surface area contributed by atoms with Gasteiger partial charge in [-0.25, -0.2) is 0 Å². The van der Waals surface area contributed by atoms with E-state index in [0.717, 1.165) is 5.56 Å². The zero-order valence-electron chi connectivity index (χ0n) is 8.01. The standard InChI is InChI=1S/C10H13NO3/c1-13-8-14-7-10(11-12)9-5-3-2-4-6-9/h2-6,12H,7-8H2,1H3/b11-10-. The van der Waals surface area contributed by atoms with Crippen molar-refractivity contribution < 1.29 is 14.7 Å². The Morgan fingerprint density at radius 1 is 1.36 bits per heavy atom. The third-order valence-corrected chi connectivity index (χ3v) is 1.67. The molecular formula is C10H13NO3. The maximum Gasteiger partial charge on any atom is 0.146 e. The highest BCUT2D eigenvalue weighted by Gasteiger charge is 2.02. The fourth-order valence-corrected chi connectivity index (χ4v) is 1.02. The number of hydrogen-bond donors (Lipinski definition) is 1. The molecular weight excluding hydrogens is 182 g/mol. The predicted molar refractivity (Wildman–Crippen MR) is 52.6 cm³/mol. The van der Waals surface area contributed by atoms with Crippen molar-refractivity contribution in [2.24, 2.45) is 5.16 Å². The van der Waals surface area contributed by atoms with E-state index in [2.05, 4.69) is 5.16 Å². The minimum absolute atomic E-state index is 0.186. The lowest BCUT2D eigenvalue weighted by Crippen LogP contribution is -2.11. The van der Waals surface area contributed by atoms with Crippen LogP contribution in [0.4, 0.5) is 0 Å². The molecule has 0 fully saturated rings. The lowest BCUT2D eigenvalue weighted by molar-refractivity contribution is -0.0148. The van der Waals surface area contributed by atoms with E-state index in [1.54, 1.807) is 0 Å². The number of nitrogens with zero attached hydrogens (tertiary/aromatic N) is 1. The number of ether oxygens (including phenoxy) is 2. The third kappa shape index (κ3) is 3.16. The average molecular weight is 195 g/mol. The molecule has 4 nitrogen and oxygen atoms in total. The van der Waals surface area contributed by atoms with Crippen LogP contribution in [0.15, 0.2) is 35.5 Å². The van der Waals surface area contributed by atoms with Crippen molar-refractivity contribution in [3.05, 3.63) is 35.9 Å². The Kier molecular flexibility index (Phi) is 4.68. The highest BCUT2D eigenvalue weighted by atomic mass is 16.7. The molecule has 76 valence electrons. The summed E-state index contributed by atoms with van der Waals surface area (Å²) in [5, 5.41) is 11.9. The van der Waals surface area contributed by atoms with Crippen molar-refractivity contribution in [1.82, 2.24) is 0 Å². The second-order valence-corrected chi connectivity index (χ2v) is 2.67. The summed E-state index contributed by atoms with van der Waals surface area (Å²) in [6.07, 6.45) is 0. The van der Waals surface area contributed by atoms with Crippen LogP contribution in [-0.4, -0.2) is 31.4 Å². The first-order chi connectivity index (χ1) is 6.88. The van der Waals surface area contributed by atoms with E-state index in [4.69, 9.17) is 14.7 Å². The Bertz CT molecular complexity index is 285. The summed E-state index contributed by atoms with van der Waals surface area (Å²) in [4.78, 5) is 0. The van der Waals surface area contributed by atoms with Gasteiger partial charge in [0, 0.05) is 12.7 Å². The Hall–Kier alpha value is -1.39. The smallest absolute Gasteiger partial charge is 0.146 e. The first-order valence-electron chi connectivity index (χ1n) is 4.21. The first-order valence-corrected chi connectivity index (χ1v) is 4.21. The lowest BCUT2D eigenvalue weighted by Gasteiger charge is -2.04. The molecule has 1 N–H and O–H groups in total. The molecule has 0 aliphatic rings. The molecule has 1 rings (SSSR count). The lowest BCUT2D eigenvalue weighted by atomic mass is 10.1. The molecule has 1 aromatic carbocycles. The van der Waals surface area contributed by atoms with Crippen LogP contribution in [0.5, 0.6) is 0 Å². The fourth-order valence-electron chi connectivity index (χ4n) is 1.02. The van der Waals surface area contributed by atoms with Crippen molar-refractivity contribution in [3.8, 4) is 0 Å². The normalized spacial score (nSPS) is 11.6. The molecule has 0 aliphatic carbocycles. The van der Waals surface area contributed by atoms with E-state index in [1.165, 1.54) is 7.11 Å². The average Bonchev–Trinajstić information content (AvgIpc) is 2.26. The number of rotatable bonds is 5. The number of methoxy groups -OCH3 is 1. The summed E-state index contributed by atoms with van der Waals surface area (Å²) in [6, 6.07) is 9.35. The monoisotopic (exact) mass is 195 g/mol. The molecule has 0 saturated carbocycles. The Labute approximate surface area is 82.8 Å². The van der Waals surface area contributed by atoms with Gasteiger partial charge in [-0.15, -0.1) is 0 Å². The molecule has 14 heavy (non-hydrogen) atoms. The van der Waals surface area contributed by atoms with Crippen molar-refractivity contribution in [2.45, 2.75) is 0 Å². The van der Waals surface area contributed by atoms with Gasteiger partial charge < -0.3 is 14.7 Å². The second kappa shape index (κ2) is 6.12. The van der Waals surface area contributed by atoms with E-state index < -0.39 is 0 Å². The highest BCUT2D eigenvalue weighted by Crippen LogP contribution is 2.01. The molecule has 0 atom stereocenters. The number of benzene rings is 1. The van der Waals surface area contributed by atoms with Crippen LogP contribution in [0, 0.1) is 0 Å². The Morgan fingerprint density at radius 2 is 2.07 bits per heavy atom. The van der Waals surface area contributed by atoms with Gasteiger partial charge in [-0.3, -0.25) is 0 Å². The summed E-state index contributed by atoms with van der Waals surface area (Å²) in [6.45, 7) is 0.417. The van der Waals surface area contributed by atoms with Crippen LogP contribution in [0.3, 0.4) is 0 Å². The summed E-state index contributed by atoms with van der Waals surface area (Å²) in [5.41, 5.74) is 1.33. The van der Waals surface area contributed by atoms with Gasteiger partial charge in [0.15, 0.2) is 0 Å². The van der Waals surface area contributed by atoms with Gasteiger partial charge >= 0.3 is 0 Å². The fraction of sp³-hybridized carbons (Fsp3) is 0.300. The topological polar surface area (TPSA) is 51.0 Å². The van der Waals surface area contributed by atoms with Crippen molar-refractivity contribution >= 4 is 5.71 Å². The van der Waals surface area contributed by atoms with Crippen molar-refractivity contribution in [3.63, 3.8) is 0 Å². The molecule has 0 bridgehead atoms. The van der Waals surface area contributed by atoms with Gasteiger partial charge in [0.05, 0.1) is 6.61 Å². The van der Waals surface area contributed by atoms with Crippen LogP contribution in [-0.2, 0) is 9.47 Å². The van der Waals surface area contributed by atoms with E-state index in [9.17, 15) is 0 Å². The van der Waals surface area contributed by atoms with E-state index in [-0.39, 0.29) is 13.4 Å². The number of hydrogen-bond acceptors (Lipinski definition) is 4. The largest absolute Gasteiger partial charge is 0.411 e. The molecule has 0 unspecified atom stereocenters. The van der Waals surface area contributed by atoms with E-state index >= 15 is 0 Å². The molecule has 0 heterocycles. The van der Waals surface area contributed by atoms with Gasteiger partial charge in [0.25, 0.3) is 0 Å². The summed E-state index contributed by atoms with van der Waals surface area (Å²) in [7, 11) is 1.54. The molecule has 0 spiro atoms. The molecule has 0 aliphatic heterocycles. The summed E-state index contributed by atoms with van der Waals surface area (Å²) in [5.74, 6) is 0. The van der Waals surface area contributed by atoms with Crippen molar-refractivity contribution in [1.29, 1.82) is 0 Å².